The van der Waals surface area contributed by atoms with E-state index in [2.05, 4.69) is 6.07 Å². The number of hydrogen-bond donors (Lipinski definition) is 0. The van der Waals surface area contributed by atoms with Gasteiger partial charge in [0.1, 0.15) is 0 Å². The SMILES string of the molecule is COc1cc(-c2cc[c]cc2)cc(OC)c1OC. The topological polar surface area (TPSA) is 27.7 Å². The fraction of sp³-hybridized carbons (Fsp3) is 0.200. The van der Waals surface area contributed by atoms with Crippen molar-refractivity contribution >= 4 is 0 Å². The van der Waals surface area contributed by atoms with E-state index in [4.69, 9.17) is 14.2 Å². The maximum Gasteiger partial charge on any atom is 0.203 e. The zero-order valence-corrected chi connectivity index (χ0v) is 10.7. The molecule has 0 saturated heterocycles. The van der Waals surface area contributed by atoms with Crippen LogP contribution in [0.1, 0.15) is 0 Å². The highest BCUT2D eigenvalue weighted by atomic mass is 16.5. The predicted octanol–water partition coefficient (Wildman–Crippen LogP) is 3.18. The molecule has 93 valence electrons. The lowest BCUT2D eigenvalue weighted by atomic mass is 10.0. The van der Waals surface area contributed by atoms with E-state index in [0.29, 0.717) is 17.2 Å². The highest BCUT2D eigenvalue weighted by Gasteiger charge is 2.13. The summed E-state index contributed by atoms with van der Waals surface area (Å²) < 4.78 is 15.9. The maximum atomic E-state index is 5.33. The summed E-state index contributed by atoms with van der Waals surface area (Å²) >= 11 is 0. The second kappa shape index (κ2) is 5.45. The van der Waals surface area contributed by atoms with Gasteiger partial charge in [-0.3, -0.25) is 0 Å². The molecule has 0 aliphatic carbocycles. The molecule has 2 rings (SSSR count). The number of methoxy groups -OCH3 is 3. The molecule has 3 heteroatoms. The van der Waals surface area contributed by atoms with Gasteiger partial charge in [-0.25, -0.2) is 0 Å². The third-order valence-corrected chi connectivity index (χ3v) is 2.72. The molecule has 18 heavy (non-hydrogen) atoms. The quantitative estimate of drug-likeness (QED) is 0.825. The Bertz CT molecular complexity index is 496. The molecule has 0 unspecified atom stereocenters. The monoisotopic (exact) mass is 243 g/mol. The van der Waals surface area contributed by atoms with Crippen LogP contribution in [-0.2, 0) is 0 Å². The van der Waals surface area contributed by atoms with E-state index < -0.39 is 0 Å². The Hall–Kier alpha value is -2.16. The zero-order valence-electron chi connectivity index (χ0n) is 10.7. The lowest BCUT2D eigenvalue weighted by Crippen LogP contribution is -1.95. The van der Waals surface area contributed by atoms with Gasteiger partial charge in [-0.2, -0.15) is 0 Å². The third-order valence-electron chi connectivity index (χ3n) is 2.72. The van der Waals surface area contributed by atoms with Gasteiger partial charge in [-0.05, 0) is 29.3 Å². The third kappa shape index (κ3) is 2.25. The Kier molecular flexibility index (Phi) is 3.72. The highest BCUT2D eigenvalue weighted by Crippen LogP contribution is 2.40. The molecular weight excluding hydrogens is 228 g/mol. The summed E-state index contributed by atoms with van der Waals surface area (Å²) in [5.74, 6) is 1.91. The molecule has 0 N–H and O–H groups in total. The molecule has 0 bridgehead atoms. The van der Waals surface area contributed by atoms with Gasteiger partial charge in [0, 0.05) is 0 Å². The number of ether oxygens (including phenoxy) is 3. The standard InChI is InChI=1S/C15H15O3/c1-16-13-9-12(11-7-5-4-6-8-11)10-14(17-2)15(13)18-3/h5-10H,1-3H3. The molecule has 0 aliphatic rings. The van der Waals surface area contributed by atoms with Crippen molar-refractivity contribution in [2.24, 2.45) is 0 Å². The zero-order chi connectivity index (χ0) is 13.0. The van der Waals surface area contributed by atoms with E-state index in [-0.39, 0.29) is 0 Å². The lowest BCUT2D eigenvalue weighted by molar-refractivity contribution is 0.324. The summed E-state index contributed by atoms with van der Waals surface area (Å²) in [5, 5.41) is 0. The normalized spacial score (nSPS) is 9.94. The predicted molar refractivity (Wildman–Crippen MR) is 70.4 cm³/mol. The first-order valence-corrected chi connectivity index (χ1v) is 5.56. The van der Waals surface area contributed by atoms with Crippen LogP contribution >= 0.6 is 0 Å². The Morgan fingerprint density at radius 1 is 0.778 bits per heavy atom. The van der Waals surface area contributed by atoms with Crippen LogP contribution in [0.3, 0.4) is 0 Å². The minimum Gasteiger partial charge on any atom is -0.493 e. The van der Waals surface area contributed by atoms with E-state index in [1.54, 1.807) is 21.3 Å². The van der Waals surface area contributed by atoms with Crippen LogP contribution in [0, 0.1) is 6.07 Å². The largest absolute Gasteiger partial charge is 0.493 e. The second-order valence-electron chi connectivity index (χ2n) is 3.70. The first-order valence-electron chi connectivity index (χ1n) is 5.56. The van der Waals surface area contributed by atoms with Crippen LogP contribution in [0.4, 0.5) is 0 Å². The Morgan fingerprint density at radius 3 is 1.78 bits per heavy atom. The van der Waals surface area contributed by atoms with Crippen molar-refractivity contribution in [1.82, 2.24) is 0 Å². The van der Waals surface area contributed by atoms with Crippen molar-refractivity contribution in [3.05, 3.63) is 42.5 Å². The summed E-state index contributed by atoms with van der Waals surface area (Å²) in [6.07, 6.45) is 0. The summed E-state index contributed by atoms with van der Waals surface area (Å²) in [4.78, 5) is 0. The molecule has 0 atom stereocenters. The number of hydrogen-bond acceptors (Lipinski definition) is 3. The highest BCUT2D eigenvalue weighted by molar-refractivity contribution is 5.70. The van der Waals surface area contributed by atoms with Gasteiger partial charge in [-0.15, -0.1) is 0 Å². The van der Waals surface area contributed by atoms with Gasteiger partial charge in [0.2, 0.25) is 5.75 Å². The minimum absolute atomic E-state index is 0.603. The first-order chi connectivity index (χ1) is 8.80. The molecule has 0 amide bonds. The average molecular weight is 243 g/mol. The minimum atomic E-state index is 0.603. The lowest BCUT2D eigenvalue weighted by Gasteiger charge is -2.14. The van der Waals surface area contributed by atoms with Crippen LogP contribution in [0.2, 0.25) is 0 Å². The van der Waals surface area contributed by atoms with E-state index in [1.807, 2.05) is 36.4 Å². The molecule has 0 saturated carbocycles. The fourth-order valence-corrected chi connectivity index (χ4v) is 1.83. The van der Waals surface area contributed by atoms with Gasteiger partial charge < -0.3 is 14.2 Å². The summed E-state index contributed by atoms with van der Waals surface area (Å²) in [7, 11) is 4.82. The molecule has 3 nitrogen and oxygen atoms in total. The summed E-state index contributed by atoms with van der Waals surface area (Å²) in [5.41, 5.74) is 2.09. The molecule has 2 aromatic carbocycles. The van der Waals surface area contributed by atoms with Crippen molar-refractivity contribution in [1.29, 1.82) is 0 Å². The van der Waals surface area contributed by atoms with Crippen molar-refractivity contribution in [3.8, 4) is 28.4 Å². The van der Waals surface area contributed by atoms with Crippen molar-refractivity contribution in [2.45, 2.75) is 0 Å². The van der Waals surface area contributed by atoms with E-state index in [1.165, 1.54) is 0 Å². The molecule has 2 aromatic rings. The Balaban J connectivity index is 2.57. The Morgan fingerprint density at radius 2 is 1.33 bits per heavy atom. The molecular formula is C15H15O3. The van der Waals surface area contributed by atoms with Gasteiger partial charge in [0.05, 0.1) is 21.3 Å². The summed E-state index contributed by atoms with van der Waals surface area (Å²) in [6.45, 7) is 0. The van der Waals surface area contributed by atoms with Crippen molar-refractivity contribution in [3.63, 3.8) is 0 Å². The van der Waals surface area contributed by atoms with E-state index in [9.17, 15) is 0 Å². The van der Waals surface area contributed by atoms with Crippen LogP contribution in [0.25, 0.3) is 11.1 Å². The Labute approximate surface area is 107 Å². The van der Waals surface area contributed by atoms with Crippen LogP contribution < -0.4 is 14.2 Å². The molecule has 0 spiro atoms. The van der Waals surface area contributed by atoms with Gasteiger partial charge >= 0.3 is 0 Å². The molecule has 0 aliphatic heterocycles. The van der Waals surface area contributed by atoms with Gasteiger partial charge in [0.25, 0.3) is 0 Å². The second-order valence-corrected chi connectivity index (χ2v) is 3.70. The van der Waals surface area contributed by atoms with Crippen molar-refractivity contribution in [2.75, 3.05) is 21.3 Å². The maximum absolute atomic E-state index is 5.33. The molecule has 0 heterocycles. The van der Waals surface area contributed by atoms with Gasteiger partial charge in [-0.1, -0.05) is 24.3 Å². The van der Waals surface area contributed by atoms with Crippen LogP contribution in [-0.4, -0.2) is 21.3 Å². The smallest absolute Gasteiger partial charge is 0.203 e. The first kappa shape index (κ1) is 12.3. The molecule has 0 aromatic heterocycles. The average Bonchev–Trinajstić information content (AvgIpc) is 2.46. The molecule has 0 fully saturated rings. The van der Waals surface area contributed by atoms with Gasteiger partial charge in [0.15, 0.2) is 11.5 Å². The summed E-state index contributed by atoms with van der Waals surface area (Å²) in [6, 6.07) is 14.6. The number of rotatable bonds is 4. The van der Waals surface area contributed by atoms with E-state index >= 15 is 0 Å². The molecule has 1 radical (unpaired) electrons. The number of benzene rings is 2. The fourth-order valence-electron chi connectivity index (χ4n) is 1.83. The van der Waals surface area contributed by atoms with Crippen LogP contribution in [0.5, 0.6) is 17.2 Å². The van der Waals surface area contributed by atoms with Crippen LogP contribution in [0.15, 0.2) is 36.4 Å². The van der Waals surface area contributed by atoms with E-state index in [0.717, 1.165) is 11.1 Å². The van der Waals surface area contributed by atoms with Crippen molar-refractivity contribution < 1.29 is 14.2 Å².